The van der Waals surface area contributed by atoms with Gasteiger partial charge in [0, 0.05) is 24.4 Å². The van der Waals surface area contributed by atoms with E-state index in [1.54, 1.807) is 11.3 Å². The minimum absolute atomic E-state index is 0.470. The van der Waals surface area contributed by atoms with Gasteiger partial charge in [0.05, 0.1) is 11.8 Å². The lowest BCUT2D eigenvalue weighted by atomic mass is 10.1. The van der Waals surface area contributed by atoms with Crippen LogP contribution in [-0.4, -0.2) is 22.7 Å². The summed E-state index contributed by atoms with van der Waals surface area (Å²) >= 11 is 1.69. The summed E-state index contributed by atoms with van der Waals surface area (Å²) in [6.07, 6.45) is 2.69. The van der Waals surface area contributed by atoms with Gasteiger partial charge >= 0.3 is 0 Å². The first kappa shape index (κ1) is 13.6. The van der Waals surface area contributed by atoms with Gasteiger partial charge in [-0.25, -0.2) is 4.98 Å². The molecule has 1 N–H and O–H groups in total. The van der Waals surface area contributed by atoms with Crippen molar-refractivity contribution in [3.8, 4) is 0 Å². The summed E-state index contributed by atoms with van der Waals surface area (Å²) in [6.45, 7) is 3.19. The predicted molar refractivity (Wildman–Crippen MR) is 83.3 cm³/mol. The molecule has 0 bridgehead atoms. The molecule has 0 amide bonds. The Morgan fingerprint density at radius 3 is 2.75 bits per heavy atom. The molecule has 3 rings (SSSR count). The van der Waals surface area contributed by atoms with Gasteiger partial charge in [-0.05, 0) is 25.3 Å². The molecule has 1 aliphatic carbocycles. The van der Waals surface area contributed by atoms with Crippen molar-refractivity contribution in [2.75, 3.05) is 11.4 Å². The van der Waals surface area contributed by atoms with Crippen LogP contribution >= 0.6 is 11.3 Å². The summed E-state index contributed by atoms with van der Waals surface area (Å²) in [4.78, 5) is 7.07. The van der Waals surface area contributed by atoms with Crippen LogP contribution in [0.5, 0.6) is 0 Å². The van der Waals surface area contributed by atoms with E-state index >= 15 is 0 Å². The number of aliphatic hydroxyl groups excluding tert-OH is 1. The molecule has 4 heteroatoms. The fraction of sp³-hybridized carbons (Fsp3) is 0.438. The molecule has 1 saturated carbocycles. The predicted octanol–water partition coefficient (Wildman–Crippen LogP) is 3.41. The van der Waals surface area contributed by atoms with Gasteiger partial charge < -0.3 is 10.0 Å². The van der Waals surface area contributed by atoms with Crippen LogP contribution in [0.2, 0.25) is 0 Å². The van der Waals surface area contributed by atoms with Crippen molar-refractivity contribution in [1.82, 2.24) is 4.98 Å². The molecule has 2 aromatic rings. The summed E-state index contributed by atoms with van der Waals surface area (Å²) in [7, 11) is 0. The highest BCUT2D eigenvalue weighted by Gasteiger charge is 2.29. The smallest absolute Gasteiger partial charge is 0.185 e. The Morgan fingerprint density at radius 1 is 1.35 bits per heavy atom. The van der Waals surface area contributed by atoms with Crippen molar-refractivity contribution in [1.29, 1.82) is 0 Å². The monoisotopic (exact) mass is 288 g/mol. The van der Waals surface area contributed by atoms with Crippen LogP contribution in [0.4, 0.5) is 5.13 Å². The molecule has 0 aliphatic heterocycles. The molecule has 20 heavy (non-hydrogen) atoms. The molecular formula is C16H20N2OS. The third-order valence-electron chi connectivity index (χ3n) is 3.70. The second-order valence-corrected chi connectivity index (χ2v) is 6.11. The van der Waals surface area contributed by atoms with E-state index in [4.69, 9.17) is 4.98 Å². The summed E-state index contributed by atoms with van der Waals surface area (Å²) in [5.74, 6) is 0. The molecule has 1 atom stereocenters. The maximum atomic E-state index is 10.3. The van der Waals surface area contributed by atoms with Gasteiger partial charge in [0.25, 0.3) is 0 Å². The van der Waals surface area contributed by atoms with Gasteiger partial charge in [-0.2, -0.15) is 0 Å². The molecule has 3 nitrogen and oxygen atoms in total. The molecule has 1 aliphatic rings. The Balaban J connectivity index is 1.68. The third kappa shape index (κ3) is 3.02. The number of hydrogen-bond acceptors (Lipinski definition) is 4. The number of rotatable bonds is 6. The molecule has 1 heterocycles. The van der Waals surface area contributed by atoms with Gasteiger partial charge in [0.1, 0.15) is 0 Å². The Labute approximate surface area is 123 Å². The van der Waals surface area contributed by atoms with Gasteiger partial charge in [0.2, 0.25) is 0 Å². The first-order valence-corrected chi connectivity index (χ1v) is 8.10. The van der Waals surface area contributed by atoms with Crippen molar-refractivity contribution < 1.29 is 5.11 Å². The standard InChI is InChI=1S/C16H20N2OS/c1-2-18(14-8-9-14)16-17-13(11-20-16)10-15(19)12-6-4-3-5-7-12/h3-7,11,14-15,19H,2,8-10H2,1H3. The van der Waals surface area contributed by atoms with Crippen LogP contribution in [0.25, 0.3) is 0 Å². The molecule has 0 saturated heterocycles. The molecule has 1 aromatic heterocycles. The molecule has 0 radical (unpaired) electrons. The normalized spacial score (nSPS) is 16.1. The lowest BCUT2D eigenvalue weighted by Crippen LogP contribution is -2.24. The molecule has 106 valence electrons. The molecule has 0 spiro atoms. The number of thiazole rings is 1. The highest BCUT2D eigenvalue weighted by molar-refractivity contribution is 7.13. The zero-order valence-corrected chi connectivity index (χ0v) is 12.5. The number of anilines is 1. The zero-order valence-electron chi connectivity index (χ0n) is 11.7. The number of benzene rings is 1. The number of nitrogens with zero attached hydrogens (tertiary/aromatic N) is 2. The minimum atomic E-state index is -0.470. The highest BCUT2D eigenvalue weighted by atomic mass is 32.1. The van der Waals surface area contributed by atoms with Crippen molar-refractivity contribution in [3.05, 3.63) is 47.0 Å². The SMILES string of the molecule is CCN(c1nc(CC(O)c2ccccc2)cs1)C1CC1. The zero-order chi connectivity index (χ0) is 13.9. The average molecular weight is 288 g/mol. The van der Waals surface area contributed by atoms with Crippen molar-refractivity contribution in [2.45, 2.75) is 38.3 Å². The number of hydrogen-bond donors (Lipinski definition) is 1. The second kappa shape index (κ2) is 5.94. The van der Waals surface area contributed by atoms with Crippen LogP contribution in [0.1, 0.15) is 37.1 Å². The first-order valence-electron chi connectivity index (χ1n) is 7.22. The van der Waals surface area contributed by atoms with Crippen LogP contribution in [0.3, 0.4) is 0 Å². The highest BCUT2D eigenvalue weighted by Crippen LogP contribution is 2.33. The van der Waals surface area contributed by atoms with E-state index in [-0.39, 0.29) is 0 Å². The van der Waals surface area contributed by atoms with Crippen LogP contribution < -0.4 is 4.90 Å². The Bertz CT molecular complexity index is 551. The molecule has 1 aromatic carbocycles. The van der Waals surface area contributed by atoms with Gasteiger partial charge in [0.15, 0.2) is 5.13 Å². The Hall–Kier alpha value is -1.39. The Morgan fingerprint density at radius 2 is 2.10 bits per heavy atom. The molecule has 1 unspecified atom stereocenters. The number of aromatic nitrogens is 1. The second-order valence-electron chi connectivity index (χ2n) is 5.27. The Kier molecular flexibility index (Phi) is 4.03. The maximum absolute atomic E-state index is 10.3. The summed E-state index contributed by atoms with van der Waals surface area (Å²) in [5, 5.41) is 13.4. The quantitative estimate of drug-likeness (QED) is 0.885. The van der Waals surface area contributed by atoms with Crippen molar-refractivity contribution in [3.63, 3.8) is 0 Å². The van der Waals surface area contributed by atoms with Gasteiger partial charge in [-0.15, -0.1) is 11.3 Å². The maximum Gasteiger partial charge on any atom is 0.185 e. The van der Waals surface area contributed by atoms with Gasteiger partial charge in [-0.1, -0.05) is 30.3 Å². The van der Waals surface area contributed by atoms with E-state index < -0.39 is 6.10 Å². The third-order valence-corrected chi connectivity index (χ3v) is 4.63. The van der Waals surface area contributed by atoms with Crippen molar-refractivity contribution in [2.24, 2.45) is 0 Å². The number of aliphatic hydroxyl groups is 1. The fourth-order valence-corrected chi connectivity index (χ4v) is 3.42. The van der Waals surface area contributed by atoms with Crippen molar-refractivity contribution >= 4 is 16.5 Å². The molecule has 1 fully saturated rings. The largest absolute Gasteiger partial charge is 0.388 e. The van der Waals surface area contributed by atoms with E-state index in [1.165, 1.54) is 12.8 Å². The van der Waals surface area contributed by atoms with Crippen LogP contribution in [0.15, 0.2) is 35.7 Å². The fourth-order valence-electron chi connectivity index (χ4n) is 2.45. The summed E-state index contributed by atoms with van der Waals surface area (Å²) in [5.41, 5.74) is 1.94. The lowest BCUT2D eigenvalue weighted by molar-refractivity contribution is 0.177. The molecular weight excluding hydrogens is 268 g/mol. The lowest BCUT2D eigenvalue weighted by Gasteiger charge is -2.18. The van der Waals surface area contributed by atoms with Crippen LogP contribution in [-0.2, 0) is 6.42 Å². The van der Waals surface area contributed by atoms with E-state index in [2.05, 4.69) is 17.2 Å². The van der Waals surface area contributed by atoms with Gasteiger partial charge in [-0.3, -0.25) is 0 Å². The topological polar surface area (TPSA) is 36.4 Å². The van der Waals surface area contributed by atoms with Crippen LogP contribution in [0, 0.1) is 0 Å². The van der Waals surface area contributed by atoms with E-state index in [0.717, 1.165) is 22.9 Å². The van der Waals surface area contributed by atoms with E-state index in [9.17, 15) is 5.11 Å². The summed E-state index contributed by atoms with van der Waals surface area (Å²) < 4.78 is 0. The first-order chi connectivity index (χ1) is 9.78. The van der Waals surface area contributed by atoms with E-state index in [1.807, 2.05) is 30.3 Å². The minimum Gasteiger partial charge on any atom is -0.388 e. The summed E-state index contributed by atoms with van der Waals surface area (Å²) in [6, 6.07) is 10.5. The average Bonchev–Trinajstić information content (AvgIpc) is 3.21. The van der Waals surface area contributed by atoms with E-state index in [0.29, 0.717) is 12.5 Å².